The fourth-order valence-corrected chi connectivity index (χ4v) is 5.21. The molecule has 2 amide bonds. The lowest BCUT2D eigenvalue weighted by Crippen LogP contribution is -2.36. The van der Waals surface area contributed by atoms with Crippen LogP contribution in [0.25, 0.3) is 0 Å². The summed E-state index contributed by atoms with van der Waals surface area (Å²) >= 11 is 0. The number of nitrogens with zero attached hydrogens (tertiary/aromatic N) is 3. The molecule has 2 aliphatic heterocycles. The second-order valence-corrected chi connectivity index (χ2v) is 9.75. The predicted molar refractivity (Wildman–Crippen MR) is 131 cm³/mol. The summed E-state index contributed by atoms with van der Waals surface area (Å²) in [6.07, 6.45) is 10.4. The Labute approximate surface area is 206 Å². The maximum Gasteiger partial charge on any atom is 0.323 e. The van der Waals surface area contributed by atoms with Gasteiger partial charge in [-0.15, -0.1) is 0 Å². The van der Waals surface area contributed by atoms with Crippen LogP contribution in [0, 0.1) is 5.92 Å². The minimum absolute atomic E-state index is 0.0718. The van der Waals surface area contributed by atoms with Gasteiger partial charge in [-0.1, -0.05) is 51.0 Å². The number of benzene rings is 1. The van der Waals surface area contributed by atoms with Gasteiger partial charge < -0.3 is 19.6 Å². The maximum absolute atomic E-state index is 12.7. The summed E-state index contributed by atoms with van der Waals surface area (Å²) in [6.45, 7) is 1.40. The van der Waals surface area contributed by atoms with Crippen molar-refractivity contribution in [1.82, 2.24) is 15.1 Å². The highest BCUT2D eigenvalue weighted by molar-refractivity contribution is 6.05. The van der Waals surface area contributed by atoms with Gasteiger partial charge in [-0.05, 0) is 30.9 Å². The van der Waals surface area contributed by atoms with E-state index in [0.29, 0.717) is 37.8 Å². The van der Waals surface area contributed by atoms with Crippen molar-refractivity contribution < 1.29 is 24.2 Å². The molecule has 1 aromatic carbocycles. The van der Waals surface area contributed by atoms with Gasteiger partial charge in [-0.3, -0.25) is 19.7 Å². The highest BCUT2D eigenvalue weighted by Gasteiger charge is 2.30. The van der Waals surface area contributed by atoms with Gasteiger partial charge in [-0.25, -0.2) is 4.99 Å². The average Bonchev–Trinajstić information content (AvgIpc) is 3.21. The van der Waals surface area contributed by atoms with Crippen molar-refractivity contribution in [2.45, 2.75) is 70.8 Å². The number of rotatable bonds is 12. The molecule has 190 valence electrons. The SMILES string of the molecule is O=C(O)CN(CCCCC1CCCCC1)C(=O)CCCOc1cccc2c1CN1CC(=O)NC1=N2. The topological polar surface area (TPSA) is 112 Å². The molecule has 3 aliphatic rings. The van der Waals surface area contributed by atoms with Crippen molar-refractivity contribution in [3.05, 3.63) is 23.8 Å². The summed E-state index contributed by atoms with van der Waals surface area (Å²) < 4.78 is 5.97. The monoisotopic (exact) mass is 484 g/mol. The van der Waals surface area contributed by atoms with E-state index in [2.05, 4.69) is 10.3 Å². The molecule has 0 unspecified atom stereocenters. The van der Waals surface area contributed by atoms with Crippen molar-refractivity contribution in [2.24, 2.45) is 10.9 Å². The van der Waals surface area contributed by atoms with Crippen LogP contribution in [0.1, 0.15) is 69.8 Å². The molecule has 0 atom stereocenters. The zero-order valence-corrected chi connectivity index (χ0v) is 20.3. The van der Waals surface area contributed by atoms with Crippen molar-refractivity contribution in [3.63, 3.8) is 0 Å². The summed E-state index contributed by atoms with van der Waals surface area (Å²) in [5.41, 5.74) is 1.69. The van der Waals surface area contributed by atoms with Crippen LogP contribution < -0.4 is 10.1 Å². The number of hydrogen-bond acceptors (Lipinski definition) is 6. The second kappa shape index (κ2) is 12.0. The van der Waals surface area contributed by atoms with E-state index in [4.69, 9.17) is 4.74 Å². The van der Waals surface area contributed by atoms with Crippen molar-refractivity contribution >= 4 is 29.4 Å². The quantitative estimate of drug-likeness (QED) is 0.440. The first-order chi connectivity index (χ1) is 17.0. The van der Waals surface area contributed by atoms with Crippen molar-refractivity contribution in [3.8, 4) is 5.75 Å². The maximum atomic E-state index is 12.7. The zero-order chi connectivity index (χ0) is 24.6. The van der Waals surface area contributed by atoms with E-state index in [-0.39, 0.29) is 31.3 Å². The number of hydrogen-bond donors (Lipinski definition) is 2. The number of aliphatic carboxylic acids is 1. The summed E-state index contributed by atoms with van der Waals surface area (Å²) in [5.74, 6) is 0.877. The summed E-state index contributed by atoms with van der Waals surface area (Å²) in [5, 5.41) is 12.0. The number of ether oxygens (including phenoxy) is 1. The van der Waals surface area contributed by atoms with E-state index in [0.717, 1.165) is 30.0 Å². The molecule has 0 aromatic heterocycles. The molecule has 35 heavy (non-hydrogen) atoms. The molecule has 9 heteroatoms. The number of aliphatic imine (C=N–C) groups is 1. The Balaban J connectivity index is 1.21. The molecular weight excluding hydrogens is 448 g/mol. The van der Waals surface area contributed by atoms with Gasteiger partial charge in [0.2, 0.25) is 17.8 Å². The molecular formula is C26H36N4O5. The van der Waals surface area contributed by atoms with Crippen LogP contribution in [0.3, 0.4) is 0 Å². The number of guanidine groups is 1. The van der Waals surface area contributed by atoms with E-state index >= 15 is 0 Å². The Kier molecular flexibility index (Phi) is 8.60. The smallest absolute Gasteiger partial charge is 0.323 e. The van der Waals surface area contributed by atoms with Gasteiger partial charge in [0, 0.05) is 18.5 Å². The molecule has 0 spiro atoms. The van der Waals surface area contributed by atoms with Crippen molar-refractivity contribution in [1.29, 1.82) is 0 Å². The first kappa shape index (κ1) is 25.0. The average molecular weight is 485 g/mol. The first-order valence-corrected chi connectivity index (χ1v) is 12.9. The van der Waals surface area contributed by atoms with Gasteiger partial charge in [0.05, 0.1) is 18.8 Å². The van der Waals surface area contributed by atoms with Crippen molar-refractivity contribution in [2.75, 3.05) is 26.2 Å². The fraction of sp³-hybridized carbons (Fsp3) is 0.615. The highest BCUT2D eigenvalue weighted by Crippen LogP contribution is 2.34. The normalized spacial score (nSPS) is 17.3. The van der Waals surface area contributed by atoms with Crippen LogP contribution in [-0.2, 0) is 20.9 Å². The van der Waals surface area contributed by atoms with E-state index in [9.17, 15) is 19.5 Å². The predicted octanol–water partition coefficient (Wildman–Crippen LogP) is 3.44. The summed E-state index contributed by atoms with van der Waals surface area (Å²) in [4.78, 5) is 43.5. The van der Waals surface area contributed by atoms with Gasteiger partial charge in [0.15, 0.2) is 0 Å². The number of nitrogens with one attached hydrogen (secondary N) is 1. The zero-order valence-electron chi connectivity index (χ0n) is 20.3. The number of carboxylic acid groups (broad SMARTS) is 1. The van der Waals surface area contributed by atoms with Gasteiger partial charge in [0.1, 0.15) is 18.8 Å². The molecule has 1 aromatic rings. The fourth-order valence-electron chi connectivity index (χ4n) is 5.21. The molecule has 2 fully saturated rings. The molecule has 0 bridgehead atoms. The molecule has 2 heterocycles. The third-order valence-corrected chi connectivity index (χ3v) is 7.06. The number of carboxylic acids is 1. The number of unbranched alkanes of at least 4 members (excludes halogenated alkanes) is 1. The molecule has 0 radical (unpaired) electrons. The highest BCUT2D eigenvalue weighted by atomic mass is 16.5. The van der Waals surface area contributed by atoms with Gasteiger partial charge in [0.25, 0.3) is 0 Å². The number of carbonyl (C=O) groups is 3. The Morgan fingerprint density at radius 2 is 1.97 bits per heavy atom. The summed E-state index contributed by atoms with van der Waals surface area (Å²) in [7, 11) is 0. The second-order valence-electron chi connectivity index (χ2n) is 9.75. The Morgan fingerprint density at radius 1 is 1.14 bits per heavy atom. The van der Waals surface area contributed by atoms with E-state index < -0.39 is 5.97 Å². The number of amides is 2. The Bertz CT molecular complexity index is 957. The first-order valence-electron chi connectivity index (χ1n) is 12.9. The standard InChI is InChI=1S/C26H36N4O5/c31-23-17-30-16-20-21(27-26(30)28-23)11-6-12-22(20)35-15-7-13-24(32)29(18-25(33)34)14-5-4-10-19-8-2-1-3-9-19/h6,11-12,19H,1-5,7-10,13-18H2,(H,33,34)(H,27,28,31). The lowest BCUT2D eigenvalue weighted by Gasteiger charge is -2.25. The van der Waals surface area contributed by atoms with E-state index in [1.165, 1.54) is 43.4 Å². The molecule has 9 nitrogen and oxygen atoms in total. The van der Waals surface area contributed by atoms with Gasteiger partial charge >= 0.3 is 5.97 Å². The minimum atomic E-state index is -0.979. The summed E-state index contributed by atoms with van der Waals surface area (Å²) in [6, 6.07) is 5.62. The largest absolute Gasteiger partial charge is 0.493 e. The third-order valence-electron chi connectivity index (χ3n) is 7.06. The third kappa shape index (κ3) is 6.96. The molecule has 1 saturated heterocycles. The van der Waals surface area contributed by atoms with Crippen LogP contribution in [-0.4, -0.2) is 64.9 Å². The molecule has 4 rings (SSSR count). The molecule has 1 saturated carbocycles. The Hall–Kier alpha value is -3.10. The van der Waals surface area contributed by atoms with Crippen LogP contribution in [0.15, 0.2) is 23.2 Å². The van der Waals surface area contributed by atoms with Crippen LogP contribution in [0.2, 0.25) is 0 Å². The number of carbonyl (C=O) groups excluding carboxylic acids is 2. The molecule has 2 N–H and O–H groups in total. The van der Waals surface area contributed by atoms with Crippen LogP contribution in [0.5, 0.6) is 5.75 Å². The van der Waals surface area contributed by atoms with E-state index in [1.807, 2.05) is 23.1 Å². The lowest BCUT2D eigenvalue weighted by atomic mass is 9.86. The van der Waals surface area contributed by atoms with Crippen LogP contribution in [0.4, 0.5) is 5.69 Å². The van der Waals surface area contributed by atoms with Gasteiger partial charge in [-0.2, -0.15) is 0 Å². The lowest BCUT2D eigenvalue weighted by molar-refractivity contribution is -0.144. The number of fused-ring (bicyclic) bond motifs is 2. The van der Waals surface area contributed by atoms with E-state index in [1.54, 1.807) is 0 Å². The Morgan fingerprint density at radius 3 is 2.77 bits per heavy atom. The van der Waals surface area contributed by atoms with Crippen LogP contribution >= 0.6 is 0 Å². The minimum Gasteiger partial charge on any atom is -0.493 e. The molecule has 1 aliphatic carbocycles.